The van der Waals surface area contributed by atoms with Gasteiger partial charge in [-0.25, -0.2) is 0 Å². The molecule has 5 atom stereocenters. The lowest BCUT2D eigenvalue weighted by atomic mass is 9.71. The lowest BCUT2D eigenvalue weighted by Crippen LogP contribution is -2.36. The number of ether oxygens (including phenoxy) is 2. The van der Waals surface area contributed by atoms with Crippen LogP contribution in [0.5, 0.6) is 0 Å². The van der Waals surface area contributed by atoms with Gasteiger partial charge < -0.3 is 14.6 Å². The lowest BCUT2D eigenvalue weighted by molar-refractivity contribution is -0.204. The third-order valence-electron chi connectivity index (χ3n) is 5.92. The third kappa shape index (κ3) is 4.07. The molecule has 0 saturated carbocycles. The van der Waals surface area contributed by atoms with E-state index in [1.165, 1.54) is 25.7 Å². The molecule has 0 radical (unpaired) electrons. The van der Waals surface area contributed by atoms with Gasteiger partial charge in [0.1, 0.15) is 0 Å². The van der Waals surface area contributed by atoms with E-state index in [1.807, 2.05) is 0 Å². The Morgan fingerprint density at radius 3 is 2.91 bits per heavy atom. The topological polar surface area (TPSA) is 38.7 Å². The van der Waals surface area contributed by atoms with Gasteiger partial charge in [0.25, 0.3) is 0 Å². The Hall–Kier alpha value is -0.640. The highest BCUT2D eigenvalue weighted by Crippen LogP contribution is 2.43. The van der Waals surface area contributed by atoms with Crippen molar-refractivity contribution in [3.63, 3.8) is 0 Å². The number of hydrogen-bond donors (Lipinski definition) is 1. The Morgan fingerprint density at radius 1 is 1.30 bits per heavy atom. The van der Waals surface area contributed by atoms with Crippen LogP contribution in [0.2, 0.25) is 0 Å². The summed E-state index contributed by atoms with van der Waals surface area (Å²) >= 11 is 0. The number of fused-ring (bicyclic) bond motifs is 1. The largest absolute Gasteiger partial charge is 0.393 e. The van der Waals surface area contributed by atoms with Gasteiger partial charge in [-0.1, -0.05) is 18.6 Å². The molecule has 3 heteroatoms. The van der Waals surface area contributed by atoms with Crippen molar-refractivity contribution < 1.29 is 14.6 Å². The van der Waals surface area contributed by atoms with Gasteiger partial charge in [-0.3, -0.25) is 0 Å². The first-order valence-corrected chi connectivity index (χ1v) is 9.32. The number of methoxy groups -OCH3 is 1. The molecule has 130 valence electrons. The highest BCUT2D eigenvalue weighted by Gasteiger charge is 2.31. The van der Waals surface area contributed by atoms with Crippen LogP contribution in [0.25, 0.3) is 0 Å². The van der Waals surface area contributed by atoms with Crippen molar-refractivity contribution in [1.82, 2.24) is 0 Å². The SMILES string of the molecule is COC1CC(O)CC(CCC2=C(C)CCC3CC(C)CC=C23)O1. The molecule has 0 aromatic rings. The normalized spacial score (nSPS) is 38.3. The Kier molecular flexibility index (Phi) is 5.61. The molecule has 23 heavy (non-hydrogen) atoms. The summed E-state index contributed by atoms with van der Waals surface area (Å²) < 4.78 is 11.3. The maximum Gasteiger partial charge on any atom is 0.160 e. The summed E-state index contributed by atoms with van der Waals surface area (Å²) in [5, 5.41) is 10.0. The van der Waals surface area contributed by atoms with E-state index in [9.17, 15) is 5.11 Å². The number of aliphatic hydroxyl groups is 1. The summed E-state index contributed by atoms with van der Waals surface area (Å²) in [6.07, 6.45) is 10.7. The second kappa shape index (κ2) is 7.50. The van der Waals surface area contributed by atoms with Crippen LogP contribution in [-0.4, -0.2) is 30.7 Å². The first kappa shape index (κ1) is 17.2. The molecular weight excluding hydrogens is 288 g/mol. The molecule has 2 aliphatic carbocycles. The molecule has 1 fully saturated rings. The van der Waals surface area contributed by atoms with Gasteiger partial charge in [-0.2, -0.15) is 0 Å². The van der Waals surface area contributed by atoms with Crippen LogP contribution in [0.4, 0.5) is 0 Å². The maximum absolute atomic E-state index is 10.0. The Labute approximate surface area is 140 Å². The van der Waals surface area contributed by atoms with Gasteiger partial charge in [-0.05, 0) is 74.9 Å². The molecule has 3 aliphatic rings. The molecule has 1 aliphatic heterocycles. The van der Waals surface area contributed by atoms with Crippen molar-refractivity contribution in [3.8, 4) is 0 Å². The zero-order chi connectivity index (χ0) is 16.4. The quantitative estimate of drug-likeness (QED) is 0.836. The molecule has 0 amide bonds. The fraction of sp³-hybridized carbons (Fsp3) is 0.800. The summed E-state index contributed by atoms with van der Waals surface area (Å²) in [4.78, 5) is 0. The van der Waals surface area contributed by atoms with Crippen LogP contribution in [0.3, 0.4) is 0 Å². The van der Waals surface area contributed by atoms with Crippen molar-refractivity contribution in [1.29, 1.82) is 0 Å². The van der Waals surface area contributed by atoms with Crippen LogP contribution >= 0.6 is 0 Å². The summed E-state index contributed by atoms with van der Waals surface area (Å²) in [7, 11) is 1.66. The first-order chi connectivity index (χ1) is 11.1. The fourth-order valence-electron chi connectivity index (χ4n) is 4.58. The zero-order valence-corrected chi connectivity index (χ0v) is 14.9. The average molecular weight is 320 g/mol. The second-order valence-corrected chi connectivity index (χ2v) is 7.82. The van der Waals surface area contributed by atoms with E-state index >= 15 is 0 Å². The Balaban J connectivity index is 1.64. The number of rotatable bonds is 4. The van der Waals surface area contributed by atoms with Crippen molar-refractivity contribution in [2.45, 2.75) is 83.7 Å². The Morgan fingerprint density at radius 2 is 2.13 bits per heavy atom. The predicted octanol–water partition coefficient (Wildman–Crippen LogP) is 4.36. The molecule has 1 N–H and O–H groups in total. The standard InChI is InChI=1S/C20H32O3/c1-13-4-8-19-15(10-13)6-5-14(2)18(19)9-7-17-11-16(21)12-20(22-3)23-17/h8,13,15-17,20-21H,4-7,9-12H2,1-3H3. The maximum atomic E-state index is 10.0. The minimum absolute atomic E-state index is 0.118. The monoisotopic (exact) mass is 320 g/mol. The molecule has 0 bridgehead atoms. The van der Waals surface area contributed by atoms with Crippen LogP contribution in [0.1, 0.15) is 65.2 Å². The number of hydrogen-bond acceptors (Lipinski definition) is 3. The molecule has 0 aromatic carbocycles. The van der Waals surface area contributed by atoms with E-state index in [4.69, 9.17) is 9.47 Å². The molecular formula is C20H32O3. The van der Waals surface area contributed by atoms with Gasteiger partial charge in [0.15, 0.2) is 6.29 Å². The van der Waals surface area contributed by atoms with E-state index in [0.29, 0.717) is 6.42 Å². The molecule has 1 saturated heterocycles. The minimum atomic E-state index is -0.289. The summed E-state index contributed by atoms with van der Waals surface area (Å²) in [6, 6.07) is 0. The molecule has 3 nitrogen and oxygen atoms in total. The number of allylic oxidation sites excluding steroid dienone is 4. The van der Waals surface area contributed by atoms with Crippen LogP contribution in [-0.2, 0) is 9.47 Å². The Bertz CT molecular complexity index is 479. The van der Waals surface area contributed by atoms with Crippen molar-refractivity contribution >= 4 is 0 Å². The lowest BCUT2D eigenvalue weighted by Gasteiger charge is -2.36. The van der Waals surface area contributed by atoms with Gasteiger partial charge in [-0.15, -0.1) is 0 Å². The van der Waals surface area contributed by atoms with Gasteiger partial charge >= 0.3 is 0 Å². The molecule has 3 rings (SSSR count). The highest BCUT2D eigenvalue weighted by atomic mass is 16.7. The van der Waals surface area contributed by atoms with Crippen molar-refractivity contribution in [2.24, 2.45) is 11.8 Å². The van der Waals surface area contributed by atoms with E-state index in [-0.39, 0.29) is 18.5 Å². The minimum Gasteiger partial charge on any atom is -0.393 e. The van der Waals surface area contributed by atoms with E-state index in [0.717, 1.165) is 31.1 Å². The van der Waals surface area contributed by atoms with E-state index < -0.39 is 0 Å². The third-order valence-corrected chi connectivity index (χ3v) is 5.92. The van der Waals surface area contributed by atoms with Crippen LogP contribution < -0.4 is 0 Å². The van der Waals surface area contributed by atoms with Crippen LogP contribution in [0.15, 0.2) is 22.8 Å². The van der Waals surface area contributed by atoms with Gasteiger partial charge in [0.2, 0.25) is 0 Å². The van der Waals surface area contributed by atoms with Gasteiger partial charge in [0, 0.05) is 13.5 Å². The summed E-state index contributed by atoms with van der Waals surface area (Å²) in [6.45, 7) is 4.68. The molecule has 1 heterocycles. The second-order valence-electron chi connectivity index (χ2n) is 7.82. The molecule has 0 aromatic heterocycles. The summed E-state index contributed by atoms with van der Waals surface area (Å²) in [5.74, 6) is 1.62. The molecule has 0 spiro atoms. The zero-order valence-electron chi connectivity index (χ0n) is 14.9. The van der Waals surface area contributed by atoms with Gasteiger partial charge in [0.05, 0.1) is 12.2 Å². The fourth-order valence-corrected chi connectivity index (χ4v) is 4.58. The first-order valence-electron chi connectivity index (χ1n) is 9.32. The predicted molar refractivity (Wildman–Crippen MR) is 92.0 cm³/mol. The highest BCUT2D eigenvalue weighted by molar-refractivity contribution is 5.40. The smallest absolute Gasteiger partial charge is 0.160 e. The van der Waals surface area contributed by atoms with E-state index in [1.54, 1.807) is 23.8 Å². The van der Waals surface area contributed by atoms with Crippen LogP contribution in [0, 0.1) is 11.8 Å². The van der Waals surface area contributed by atoms with E-state index in [2.05, 4.69) is 19.9 Å². The molecule has 5 unspecified atom stereocenters. The summed E-state index contributed by atoms with van der Waals surface area (Å²) in [5.41, 5.74) is 4.79. The average Bonchev–Trinajstić information content (AvgIpc) is 2.53. The van der Waals surface area contributed by atoms with Crippen molar-refractivity contribution in [2.75, 3.05) is 7.11 Å². The number of aliphatic hydroxyl groups excluding tert-OH is 1. The van der Waals surface area contributed by atoms with Crippen molar-refractivity contribution in [3.05, 3.63) is 22.8 Å².